The van der Waals surface area contributed by atoms with E-state index in [2.05, 4.69) is 32.5 Å². The molecule has 0 radical (unpaired) electrons. The van der Waals surface area contributed by atoms with Crippen LogP contribution in [0.5, 0.6) is 0 Å². The summed E-state index contributed by atoms with van der Waals surface area (Å²) in [5.74, 6) is 1.22. The lowest BCUT2D eigenvalue weighted by atomic mass is 10.2. The van der Waals surface area contributed by atoms with Crippen LogP contribution in [-0.4, -0.2) is 51.5 Å². The van der Waals surface area contributed by atoms with E-state index in [4.69, 9.17) is 4.52 Å². The SMILES string of the molecule is CN1CCNCC1c1noc(/C=C/c2cnn(-c3ccccc3)c2)n1.Cl. The number of para-hydroxylation sites is 1. The molecule has 2 aromatic heterocycles. The van der Waals surface area contributed by atoms with Crippen molar-refractivity contribution in [2.45, 2.75) is 6.04 Å². The Bertz CT molecular complexity index is 859. The molecular weight excluding hydrogens is 352 g/mol. The van der Waals surface area contributed by atoms with Crippen molar-refractivity contribution in [2.75, 3.05) is 26.7 Å². The predicted molar refractivity (Wildman–Crippen MR) is 102 cm³/mol. The molecule has 1 atom stereocenters. The number of piperazine rings is 1. The van der Waals surface area contributed by atoms with Crippen LogP contribution in [0.25, 0.3) is 17.8 Å². The van der Waals surface area contributed by atoms with Gasteiger partial charge in [0.2, 0.25) is 0 Å². The van der Waals surface area contributed by atoms with Gasteiger partial charge in [0.15, 0.2) is 5.82 Å². The average Bonchev–Trinajstić information content (AvgIpc) is 3.31. The normalized spacial score (nSPS) is 18.1. The summed E-state index contributed by atoms with van der Waals surface area (Å²) in [7, 11) is 2.08. The number of benzene rings is 1. The highest BCUT2D eigenvalue weighted by Gasteiger charge is 2.24. The third-order valence-corrected chi connectivity index (χ3v) is 4.31. The second-order valence-electron chi connectivity index (χ2n) is 6.08. The molecule has 0 saturated carbocycles. The van der Waals surface area contributed by atoms with Crippen molar-refractivity contribution in [2.24, 2.45) is 0 Å². The summed E-state index contributed by atoms with van der Waals surface area (Å²) in [6.45, 7) is 2.80. The Morgan fingerprint density at radius 3 is 2.88 bits per heavy atom. The van der Waals surface area contributed by atoms with E-state index in [0.717, 1.165) is 30.9 Å². The number of aromatic nitrogens is 4. The highest BCUT2D eigenvalue weighted by atomic mass is 35.5. The number of halogens is 1. The summed E-state index contributed by atoms with van der Waals surface area (Å²) in [6, 6.07) is 10.1. The first-order valence-electron chi connectivity index (χ1n) is 8.32. The van der Waals surface area contributed by atoms with Crippen molar-refractivity contribution in [3.05, 3.63) is 60.0 Å². The van der Waals surface area contributed by atoms with Gasteiger partial charge in [0.25, 0.3) is 5.89 Å². The van der Waals surface area contributed by atoms with Crippen LogP contribution in [0, 0.1) is 0 Å². The van der Waals surface area contributed by atoms with E-state index in [-0.39, 0.29) is 18.4 Å². The maximum atomic E-state index is 5.35. The minimum Gasteiger partial charge on any atom is -0.335 e. The Kier molecular flexibility index (Phi) is 5.82. The zero-order valence-electron chi connectivity index (χ0n) is 14.4. The van der Waals surface area contributed by atoms with Crippen LogP contribution in [0.1, 0.15) is 23.3 Å². The first-order valence-corrected chi connectivity index (χ1v) is 8.32. The van der Waals surface area contributed by atoms with E-state index >= 15 is 0 Å². The molecule has 136 valence electrons. The Morgan fingerprint density at radius 2 is 2.08 bits per heavy atom. The summed E-state index contributed by atoms with van der Waals surface area (Å²) >= 11 is 0. The number of rotatable bonds is 4. The number of hydrogen-bond acceptors (Lipinski definition) is 6. The van der Waals surface area contributed by atoms with Crippen LogP contribution in [-0.2, 0) is 0 Å². The standard InChI is InChI=1S/C18H20N6O.ClH/c1-23-10-9-19-12-16(23)18-21-17(25-22-18)8-7-14-11-20-24(13-14)15-5-3-2-4-6-15;/h2-8,11,13,16,19H,9-10,12H2,1H3;1H/b8-7+;. The van der Waals surface area contributed by atoms with E-state index in [1.54, 1.807) is 6.20 Å². The van der Waals surface area contributed by atoms with Gasteiger partial charge in [0, 0.05) is 37.5 Å². The molecule has 1 aromatic carbocycles. The summed E-state index contributed by atoms with van der Waals surface area (Å²) < 4.78 is 7.18. The number of nitrogens with one attached hydrogen (secondary N) is 1. The van der Waals surface area contributed by atoms with Gasteiger partial charge in [-0.25, -0.2) is 4.68 Å². The Labute approximate surface area is 158 Å². The fourth-order valence-electron chi connectivity index (χ4n) is 2.86. The molecule has 1 aliphatic rings. The van der Waals surface area contributed by atoms with Gasteiger partial charge in [-0.05, 0) is 25.3 Å². The number of nitrogens with zero attached hydrogens (tertiary/aromatic N) is 5. The molecule has 0 amide bonds. The van der Waals surface area contributed by atoms with Crippen LogP contribution in [0.4, 0.5) is 0 Å². The van der Waals surface area contributed by atoms with Crippen LogP contribution < -0.4 is 5.32 Å². The van der Waals surface area contributed by atoms with Crippen LogP contribution in [0.15, 0.2) is 47.2 Å². The minimum atomic E-state index is 0. The third kappa shape index (κ3) is 4.01. The fraction of sp³-hybridized carbons (Fsp3) is 0.278. The number of hydrogen-bond donors (Lipinski definition) is 1. The molecule has 7 nitrogen and oxygen atoms in total. The molecular formula is C18H21ClN6O. The largest absolute Gasteiger partial charge is 0.335 e. The lowest BCUT2D eigenvalue weighted by molar-refractivity contribution is 0.190. The predicted octanol–water partition coefficient (Wildman–Crippen LogP) is 2.42. The maximum absolute atomic E-state index is 5.35. The zero-order valence-corrected chi connectivity index (χ0v) is 15.3. The van der Waals surface area contributed by atoms with Gasteiger partial charge in [0.05, 0.1) is 17.9 Å². The third-order valence-electron chi connectivity index (χ3n) is 4.31. The van der Waals surface area contributed by atoms with Gasteiger partial charge in [-0.3, -0.25) is 4.90 Å². The Morgan fingerprint density at radius 1 is 1.23 bits per heavy atom. The Hall–Kier alpha value is -2.48. The van der Waals surface area contributed by atoms with Crippen LogP contribution in [0.2, 0.25) is 0 Å². The van der Waals surface area contributed by atoms with Crippen molar-refractivity contribution in [1.82, 2.24) is 30.1 Å². The van der Waals surface area contributed by atoms with Gasteiger partial charge in [-0.2, -0.15) is 10.1 Å². The van der Waals surface area contributed by atoms with Gasteiger partial charge in [0.1, 0.15) is 0 Å². The zero-order chi connectivity index (χ0) is 17.1. The summed E-state index contributed by atoms with van der Waals surface area (Å²) in [5.41, 5.74) is 2.00. The van der Waals surface area contributed by atoms with Crippen LogP contribution in [0.3, 0.4) is 0 Å². The highest BCUT2D eigenvalue weighted by molar-refractivity contribution is 5.85. The van der Waals surface area contributed by atoms with Crippen molar-refractivity contribution in [1.29, 1.82) is 0 Å². The molecule has 1 unspecified atom stereocenters. The molecule has 0 aliphatic carbocycles. The fourth-order valence-corrected chi connectivity index (χ4v) is 2.86. The number of likely N-dealkylation sites (N-methyl/N-ethyl adjacent to an activating group) is 1. The summed E-state index contributed by atoms with van der Waals surface area (Å²) in [6.07, 6.45) is 7.51. The topological polar surface area (TPSA) is 72.0 Å². The molecule has 3 heterocycles. The lowest BCUT2D eigenvalue weighted by Crippen LogP contribution is -2.44. The van der Waals surface area contributed by atoms with Gasteiger partial charge >= 0.3 is 0 Å². The second-order valence-corrected chi connectivity index (χ2v) is 6.08. The first-order chi connectivity index (χ1) is 12.3. The molecule has 3 aromatic rings. The monoisotopic (exact) mass is 372 g/mol. The van der Waals surface area contributed by atoms with Crippen molar-refractivity contribution < 1.29 is 4.52 Å². The first kappa shape index (κ1) is 18.3. The van der Waals surface area contributed by atoms with E-state index in [0.29, 0.717) is 11.7 Å². The van der Waals surface area contributed by atoms with E-state index < -0.39 is 0 Å². The van der Waals surface area contributed by atoms with Crippen molar-refractivity contribution in [3.63, 3.8) is 0 Å². The molecule has 26 heavy (non-hydrogen) atoms. The van der Waals surface area contributed by atoms with Crippen molar-refractivity contribution in [3.8, 4) is 5.69 Å². The molecule has 1 N–H and O–H groups in total. The molecule has 4 rings (SSSR count). The summed E-state index contributed by atoms with van der Waals surface area (Å²) in [5, 5.41) is 11.8. The second kappa shape index (κ2) is 8.27. The molecule has 0 spiro atoms. The van der Waals surface area contributed by atoms with Crippen LogP contribution >= 0.6 is 12.4 Å². The average molecular weight is 373 g/mol. The molecule has 8 heteroatoms. The molecule has 1 saturated heterocycles. The smallest absolute Gasteiger partial charge is 0.250 e. The highest BCUT2D eigenvalue weighted by Crippen LogP contribution is 2.18. The maximum Gasteiger partial charge on any atom is 0.250 e. The van der Waals surface area contributed by atoms with E-state index in [1.807, 2.05) is 53.4 Å². The lowest BCUT2D eigenvalue weighted by Gasteiger charge is -2.30. The van der Waals surface area contributed by atoms with Crippen molar-refractivity contribution >= 4 is 24.6 Å². The molecule has 1 aliphatic heterocycles. The van der Waals surface area contributed by atoms with Gasteiger partial charge in [-0.1, -0.05) is 23.4 Å². The Balaban J connectivity index is 0.00000196. The molecule has 1 fully saturated rings. The molecule has 0 bridgehead atoms. The van der Waals surface area contributed by atoms with Gasteiger partial charge < -0.3 is 9.84 Å². The quantitative estimate of drug-likeness (QED) is 0.758. The van der Waals surface area contributed by atoms with E-state index in [9.17, 15) is 0 Å². The van der Waals surface area contributed by atoms with Gasteiger partial charge in [-0.15, -0.1) is 12.4 Å². The minimum absolute atomic E-state index is 0. The summed E-state index contributed by atoms with van der Waals surface area (Å²) in [4.78, 5) is 6.73. The van der Waals surface area contributed by atoms with E-state index in [1.165, 1.54) is 0 Å².